The van der Waals surface area contributed by atoms with Crippen LogP contribution in [0.25, 0.3) is 0 Å². The van der Waals surface area contributed by atoms with Gasteiger partial charge in [0.25, 0.3) is 11.8 Å². The van der Waals surface area contributed by atoms with E-state index in [0.29, 0.717) is 21.3 Å². The van der Waals surface area contributed by atoms with Crippen molar-refractivity contribution >= 4 is 28.3 Å². The van der Waals surface area contributed by atoms with Crippen molar-refractivity contribution in [3.05, 3.63) is 40.9 Å². The third kappa shape index (κ3) is 2.83. The summed E-state index contributed by atoms with van der Waals surface area (Å²) in [7, 11) is 0. The van der Waals surface area contributed by atoms with Crippen LogP contribution in [-0.4, -0.2) is 26.3 Å². The summed E-state index contributed by atoms with van der Waals surface area (Å²) in [4.78, 5) is 32.5. The van der Waals surface area contributed by atoms with Crippen LogP contribution < -0.4 is 5.32 Å². The Kier molecular flexibility index (Phi) is 4.09. The van der Waals surface area contributed by atoms with Crippen molar-refractivity contribution in [2.45, 2.75) is 20.8 Å². The smallest absolute Gasteiger partial charge is 0.275 e. The molecule has 2 heterocycles. The maximum atomic E-state index is 12.2. The van der Waals surface area contributed by atoms with Gasteiger partial charge in [-0.2, -0.15) is 0 Å². The van der Waals surface area contributed by atoms with Gasteiger partial charge in [-0.1, -0.05) is 17.4 Å². The molecule has 0 radical (unpaired) electrons. The molecule has 0 spiro atoms. The van der Waals surface area contributed by atoms with Gasteiger partial charge in [0.1, 0.15) is 11.2 Å². The third-order valence-electron chi connectivity index (χ3n) is 2.74. The number of thiazole rings is 1. The van der Waals surface area contributed by atoms with E-state index >= 15 is 0 Å². The van der Waals surface area contributed by atoms with Gasteiger partial charge in [-0.15, -0.1) is 0 Å². The van der Waals surface area contributed by atoms with Gasteiger partial charge < -0.3 is 0 Å². The van der Waals surface area contributed by atoms with Gasteiger partial charge in [-0.05, 0) is 20.8 Å². The number of carbonyl (C=O) groups is 2. The Morgan fingerprint density at radius 1 is 1.45 bits per heavy atom. The maximum Gasteiger partial charge on any atom is 0.275 e. The molecule has 2 rings (SSSR count). The predicted octanol–water partition coefficient (Wildman–Crippen LogP) is 2.24. The van der Waals surface area contributed by atoms with E-state index in [1.54, 1.807) is 33.0 Å². The molecule has 0 aliphatic carbocycles. The highest BCUT2D eigenvalue weighted by Gasteiger charge is 2.18. The monoisotopic (exact) mass is 290 g/mol. The van der Waals surface area contributed by atoms with Crippen molar-refractivity contribution in [2.24, 2.45) is 0 Å². The van der Waals surface area contributed by atoms with Crippen LogP contribution in [0.4, 0.5) is 5.13 Å². The first-order valence-electron chi connectivity index (χ1n) is 5.97. The highest BCUT2D eigenvalue weighted by Crippen LogP contribution is 2.23. The predicted molar refractivity (Wildman–Crippen MR) is 76.9 cm³/mol. The number of rotatable bonds is 3. The molecule has 1 N–H and O–H groups in total. The molecule has 20 heavy (non-hydrogen) atoms. The zero-order chi connectivity index (χ0) is 14.7. The van der Waals surface area contributed by atoms with Crippen molar-refractivity contribution in [2.75, 3.05) is 5.32 Å². The Morgan fingerprint density at radius 3 is 2.80 bits per heavy atom. The van der Waals surface area contributed by atoms with Crippen LogP contribution in [0.15, 0.2) is 30.4 Å². The lowest BCUT2D eigenvalue weighted by atomic mass is 10.3. The lowest BCUT2D eigenvalue weighted by Gasteiger charge is -1.99. The number of nitrogens with zero attached hydrogens (tertiary/aromatic N) is 3. The minimum absolute atomic E-state index is 0.208. The minimum Gasteiger partial charge on any atom is -0.298 e. The molecule has 0 aromatic carbocycles. The number of anilines is 1. The lowest BCUT2D eigenvalue weighted by molar-refractivity contribution is -0.112. The number of hydrogen-bond donors (Lipinski definition) is 1. The van der Waals surface area contributed by atoms with Crippen LogP contribution in [0.2, 0.25) is 0 Å². The molecule has 0 fully saturated rings. The highest BCUT2D eigenvalue weighted by atomic mass is 32.1. The molecule has 2 aromatic heterocycles. The van der Waals surface area contributed by atoms with Gasteiger partial charge in [-0.3, -0.25) is 19.5 Å². The fourth-order valence-corrected chi connectivity index (χ4v) is 2.38. The fraction of sp³-hybridized carbons (Fsp3) is 0.231. The molecule has 0 atom stereocenters. The normalized spacial score (nSPS) is 11.4. The zero-order valence-corrected chi connectivity index (χ0v) is 12.2. The van der Waals surface area contributed by atoms with Gasteiger partial charge in [0, 0.05) is 18.0 Å². The van der Waals surface area contributed by atoms with Crippen LogP contribution in [0.3, 0.4) is 0 Å². The van der Waals surface area contributed by atoms with Gasteiger partial charge >= 0.3 is 0 Å². The second-order valence-corrected chi connectivity index (χ2v) is 5.13. The Bertz CT molecular complexity index is 671. The standard InChI is InChI=1S/C13H14N4O2S/c1-4-8(2)11(18)16-13-15-9(3)10(20-13)12(19)17-6-5-14-7-17/h4-7H,1-3H3,(H,15,16,18)/b8-4+. The van der Waals surface area contributed by atoms with E-state index in [1.165, 1.54) is 17.1 Å². The Hall–Kier alpha value is -2.28. The lowest BCUT2D eigenvalue weighted by Crippen LogP contribution is -2.12. The molecule has 0 unspecified atom stereocenters. The molecule has 0 saturated heterocycles. The fourth-order valence-electron chi connectivity index (χ4n) is 1.47. The van der Waals surface area contributed by atoms with E-state index < -0.39 is 0 Å². The first kappa shape index (κ1) is 14.1. The third-order valence-corrected chi connectivity index (χ3v) is 3.80. The molecule has 6 nitrogen and oxygen atoms in total. The summed E-state index contributed by atoms with van der Waals surface area (Å²) >= 11 is 1.15. The summed E-state index contributed by atoms with van der Waals surface area (Å²) in [5.74, 6) is -0.427. The highest BCUT2D eigenvalue weighted by molar-refractivity contribution is 7.17. The van der Waals surface area contributed by atoms with Gasteiger partial charge in [0.15, 0.2) is 5.13 Å². The molecule has 7 heteroatoms. The summed E-state index contributed by atoms with van der Waals surface area (Å²) in [6, 6.07) is 0. The molecule has 0 aliphatic rings. The van der Waals surface area contributed by atoms with E-state index in [1.807, 2.05) is 0 Å². The number of carbonyl (C=O) groups excluding carboxylic acids is 2. The Labute approximate surface area is 120 Å². The van der Waals surface area contributed by atoms with E-state index in [4.69, 9.17) is 0 Å². The van der Waals surface area contributed by atoms with Crippen molar-refractivity contribution in [1.82, 2.24) is 14.5 Å². The van der Waals surface area contributed by atoms with E-state index in [9.17, 15) is 9.59 Å². The summed E-state index contributed by atoms with van der Waals surface area (Å²) in [5, 5.41) is 3.09. The van der Waals surface area contributed by atoms with Crippen molar-refractivity contribution in [3.8, 4) is 0 Å². The van der Waals surface area contributed by atoms with Crippen LogP contribution in [-0.2, 0) is 4.79 Å². The van der Waals surface area contributed by atoms with Crippen molar-refractivity contribution in [3.63, 3.8) is 0 Å². The average Bonchev–Trinajstić information content (AvgIpc) is 3.06. The van der Waals surface area contributed by atoms with Gasteiger partial charge in [0.2, 0.25) is 0 Å². The molecule has 0 bridgehead atoms. The quantitative estimate of drug-likeness (QED) is 0.879. The molecular weight excluding hydrogens is 276 g/mol. The van der Waals surface area contributed by atoms with Crippen LogP contribution in [0.5, 0.6) is 0 Å². The molecule has 0 saturated carbocycles. The summed E-state index contributed by atoms with van der Waals surface area (Å²) in [5.41, 5.74) is 1.18. The molecule has 104 valence electrons. The molecule has 2 aromatic rings. The van der Waals surface area contributed by atoms with Gasteiger partial charge in [0.05, 0.1) is 5.69 Å². The Balaban J connectivity index is 2.22. The number of allylic oxidation sites excluding steroid dienone is 1. The number of aromatic nitrogens is 3. The van der Waals surface area contributed by atoms with E-state index in [0.717, 1.165) is 11.3 Å². The Morgan fingerprint density at radius 2 is 2.20 bits per heavy atom. The first-order chi connectivity index (χ1) is 9.52. The second-order valence-electron chi connectivity index (χ2n) is 4.13. The van der Waals surface area contributed by atoms with Gasteiger partial charge in [-0.25, -0.2) is 9.97 Å². The SMILES string of the molecule is C/C=C(\C)C(=O)Nc1nc(C)c(C(=O)n2ccnc2)s1. The molecule has 1 amide bonds. The maximum absolute atomic E-state index is 12.2. The van der Waals surface area contributed by atoms with E-state index in [-0.39, 0.29) is 11.8 Å². The molecule has 0 aliphatic heterocycles. The van der Waals surface area contributed by atoms with Crippen molar-refractivity contribution in [1.29, 1.82) is 0 Å². The number of amides is 1. The summed E-state index contributed by atoms with van der Waals surface area (Å²) in [6.45, 7) is 5.24. The zero-order valence-electron chi connectivity index (χ0n) is 11.4. The van der Waals surface area contributed by atoms with E-state index in [2.05, 4.69) is 15.3 Å². The second kappa shape index (κ2) is 5.79. The number of nitrogens with one attached hydrogen (secondary N) is 1. The average molecular weight is 290 g/mol. The minimum atomic E-state index is -0.220. The largest absolute Gasteiger partial charge is 0.298 e. The topological polar surface area (TPSA) is 76.9 Å². The summed E-state index contributed by atoms with van der Waals surface area (Å²) in [6.07, 6.45) is 6.26. The number of aryl methyl sites for hydroxylation is 1. The van der Waals surface area contributed by atoms with Crippen LogP contribution in [0.1, 0.15) is 29.2 Å². The van der Waals surface area contributed by atoms with Crippen molar-refractivity contribution < 1.29 is 9.59 Å². The number of hydrogen-bond acceptors (Lipinski definition) is 5. The molecular formula is C13H14N4O2S. The first-order valence-corrected chi connectivity index (χ1v) is 6.79. The van der Waals surface area contributed by atoms with Crippen LogP contribution >= 0.6 is 11.3 Å². The number of imidazole rings is 1. The summed E-state index contributed by atoms with van der Waals surface area (Å²) < 4.78 is 1.38. The van der Waals surface area contributed by atoms with Crippen LogP contribution in [0, 0.1) is 6.92 Å².